The number of allylic oxidation sites excluding steroid dienone is 2. The number of rotatable bonds is 10. The Hall–Kier alpha value is -2.11. The first-order chi connectivity index (χ1) is 13.1. The highest BCUT2D eigenvalue weighted by atomic mass is 16.3. The number of aliphatic hydroxyl groups excluding tert-OH is 1. The van der Waals surface area contributed by atoms with Gasteiger partial charge >= 0.3 is 0 Å². The summed E-state index contributed by atoms with van der Waals surface area (Å²) in [6.45, 7) is 8.97. The summed E-state index contributed by atoms with van der Waals surface area (Å²) in [7, 11) is 1.92. The zero-order chi connectivity index (χ0) is 19.6. The number of hydrogen-bond acceptors (Lipinski definition) is 5. The average molecular weight is 371 g/mol. The average Bonchev–Trinajstić information content (AvgIpc) is 2.69. The van der Waals surface area contributed by atoms with Gasteiger partial charge in [0.1, 0.15) is 0 Å². The summed E-state index contributed by atoms with van der Waals surface area (Å²) in [4.78, 5) is 6.59. The lowest BCUT2D eigenvalue weighted by molar-refractivity contribution is 0.114. The molecule has 27 heavy (non-hydrogen) atoms. The molecule has 0 aliphatic carbocycles. The summed E-state index contributed by atoms with van der Waals surface area (Å²) in [6, 6.07) is 2.09. The molecule has 0 spiro atoms. The highest BCUT2D eigenvalue weighted by Crippen LogP contribution is 2.25. The van der Waals surface area contributed by atoms with Gasteiger partial charge in [0.05, 0.1) is 12.6 Å². The number of nitrogens with one attached hydrogen (secondary N) is 2. The van der Waals surface area contributed by atoms with Gasteiger partial charge in [-0.2, -0.15) is 0 Å². The number of aliphatic hydroxyl groups is 1. The molecular weight excluding hydrogens is 336 g/mol. The number of dihydropyridines is 1. The summed E-state index contributed by atoms with van der Waals surface area (Å²) in [5, 5.41) is 16.2. The molecule has 148 valence electrons. The maximum absolute atomic E-state index is 9.66. The van der Waals surface area contributed by atoms with Crippen LogP contribution in [-0.4, -0.2) is 48.4 Å². The van der Waals surface area contributed by atoms with E-state index in [0.717, 1.165) is 43.1 Å². The molecule has 5 heteroatoms. The molecule has 2 heterocycles. The normalized spacial score (nSPS) is 14.7. The Labute approximate surface area is 163 Å². The lowest BCUT2D eigenvalue weighted by Gasteiger charge is -2.21. The number of hydrogen-bond donors (Lipinski definition) is 3. The third kappa shape index (κ3) is 6.22. The fraction of sp³-hybridized carbons (Fsp3) is 0.500. The molecule has 1 aromatic rings. The number of nitrogens with zero attached hydrogens (tertiary/aromatic N) is 2. The van der Waals surface area contributed by atoms with Crippen molar-refractivity contribution in [2.45, 2.75) is 40.0 Å². The quantitative estimate of drug-likeness (QED) is 0.436. The summed E-state index contributed by atoms with van der Waals surface area (Å²) >= 11 is 0. The molecule has 2 rings (SSSR count). The number of aromatic nitrogens is 1. The minimum absolute atomic E-state index is 0.0977. The van der Waals surface area contributed by atoms with E-state index in [1.165, 1.54) is 29.6 Å². The van der Waals surface area contributed by atoms with Crippen molar-refractivity contribution in [1.82, 2.24) is 20.5 Å². The first-order valence-corrected chi connectivity index (χ1v) is 9.87. The Morgan fingerprint density at radius 1 is 1.37 bits per heavy atom. The van der Waals surface area contributed by atoms with Crippen molar-refractivity contribution < 1.29 is 5.11 Å². The van der Waals surface area contributed by atoms with E-state index in [1.807, 2.05) is 13.2 Å². The monoisotopic (exact) mass is 370 g/mol. The highest BCUT2D eigenvalue weighted by Gasteiger charge is 2.13. The van der Waals surface area contributed by atoms with Gasteiger partial charge in [-0.3, -0.25) is 9.88 Å². The van der Waals surface area contributed by atoms with Crippen molar-refractivity contribution in [3.05, 3.63) is 52.6 Å². The molecule has 1 aromatic heterocycles. The van der Waals surface area contributed by atoms with Crippen LogP contribution in [0.1, 0.15) is 49.9 Å². The van der Waals surface area contributed by atoms with Gasteiger partial charge in [0.25, 0.3) is 0 Å². The molecule has 0 unspecified atom stereocenters. The van der Waals surface area contributed by atoms with Gasteiger partial charge in [-0.25, -0.2) is 0 Å². The molecule has 0 fully saturated rings. The van der Waals surface area contributed by atoms with Crippen LogP contribution in [0, 0.1) is 6.92 Å². The van der Waals surface area contributed by atoms with Crippen LogP contribution in [0.5, 0.6) is 0 Å². The maximum Gasteiger partial charge on any atom is 0.0986 e. The SMILES string of the molecule is CCCCCN(CO)C/C(C)=C/c1c(C2=CC=C(NC)NC2)ccnc1C. The van der Waals surface area contributed by atoms with Gasteiger partial charge in [0.15, 0.2) is 0 Å². The second-order valence-electron chi connectivity index (χ2n) is 7.13. The highest BCUT2D eigenvalue weighted by molar-refractivity contribution is 5.78. The van der Waals surface area contributed by atoms with Crippen molar-refractivity contribution in [3.63, 3.8) is 0 Å². The van der Waals surface area contributed by atoms with Crippen LogP contribution in [-0.2, 0) is 0 Å². The molecular formula is C22H34N4O. The minimum Gasteiger partial charge on any atom is -0.381 e. The Kier molecular flexibility index (Phi) is 8.55. The Morgan fingerprint density at radius 2 is 2.19 bits per heavy atom. The van der Waals surface area contributed by atoms with Crippen molar-refractivity contribution in [2.75, 3.05) is 33.4 Å². The number of pyridine rings is 1. The van der Waals surface area contributed by atoms with Crippen molar-refractivity contribution in [3.8, 4) is 0 Å². The van der Waals surface area contributed by atoms with E-state index >= 15 is 0 Å². The van der Waals surface area contributed by atoms with Gasteiger partial charge in [-0.1, -0.05) is 37.5 Å². The summed E-state index contributed by atoms with van der Waals surface area (Å²) in [5.74, 6) is 1.03. The summed E-state index contributed by atoms with van der Waals surface area (Å²) < 4.78 is 0. The lowest BCUT2D eigenvalue weighted by atomic mass is 9.96. The number of unbranched alkanes of at least 4 members (excludes halogenated alkanes) is 2. The third-order valence-corrected chi connectivity index (χ3v) is 4.87. The molecule has 0 bridgehead atoms. The van der Waals surface area contributed by atoms with Gasteiger partial charge in [-0.15, -0.1) is 0 Å². The third-order valence-electron chi connectivity index (χ3n) is 4.87. The number of aryl methyl sites for hydroxylation is 1. The van der Waals surface area contributed by atoms with Crippen LogP contribution >= 0.6 is 0 Å². The predicted molar refractivity (Wildman–Crippen MR) is 114 cm³/mol. The van der Waals surface area contributed by atoms with Gasteiger partial charge < -0.3 is 15.7 Å². The minimum atomic E-state index is 0.0977. The van der Waals surface area contributed by atoms with E-state index in [2.05, 4.69) is 65.6 Å². The van der Waals surface area contributed by atoms with E-state index in [1.54, 1.807) is 0 Å². The van der Waals surface area contributed by atoms with Crippen molar-refractivity contribution in [1.29, 1.82) is 0 Å². The van der Waals surface area contributed by atoms with Gasteiger partial charge in [0, 0.05) is 44.1 Å². The molecule has 0 aromatic carbocycles. The van der Waals surface area contributed by atoms with E-state index in [9.17, 15) is 5.11 Å². The standard InChI is InChI=1S/C22H34N4O/c1-5-6-7-12-26(16-27)15-17(2)13-21-18(3)24-11-10-20(21)19-8-9-22(23-4)25-14-19/h8-11,13,23,25,27H,5-7,12,14-16H2,1-4H3/b17-13+. The van der Waals surface area contributed by atoms with E-state index in [-0.39, 0.29) is 6.73 Å². The fourth-order valence-corrected chi connectivity index (χ4v) is 3.32. The first-order valence-electron chi connectivity index (χ1n) is 9.87. The molecule has 0 atom stereocenters. The van der Waals surface area contributed by atoms with Gasteiger partial charge in [-0.05, 0) is 43.5 Å². The Morgan fingerprint density at radius 3 is 2.81 bits per heavy atom. The van der Waals surface area contributed by atoms with Crippen LogP contribution in [0.4, 0.5) is 0 Å². The molecule has 0 amide bonds. The van der Waals surface area contributed by atoms with Crippen LogP contribution < -0.4 is 10.6 Å². The smallest absolute Gasteiger partial charge is 0.0986 e. The van der Waals surface area contributed by atoms with E-state index in [0.29, 0.717) is 0 Å². The molecule has 3 N–H and O–H groups in total. The molecule has 1 aliphatic heterocycles. The molecule has 5 nitrogen and oxygen atoms in total. The topological polar surface area (TPSA) is 60.4 Å². The van der Waals surface area contributed by atoms with Crippen molar-refractivity contribution >= 4 is 11.6 Å². The second kappa shape index (κ2) is 10.9. The molecule has 0 saturated heterocycles. The zero-order valence-electron chi connectivity index (χ0n) is 17.2. The van der Waals surface area contributed by atoms with Crippen LogP contribution in [0.15, 0.2) is 35.8 Å². The summed E-state index contributed by atoms with van der Waals surface area (Å²) in [6.07, 6.45) is 11.8. The molecule has 0 saturated carbocycles. The van der Waals surface area contributed by atoms with Crippen LogP contribution in [0.25, 0.3) is 11.6 Å². The lowest BCUT2D eigenvalue weighted by Crippen LogP contribution is -2.28. The molecule has 0 radical (unpaired) electrons. The van der Waals surface area contributed by atoms with Crippen molar-refractivity contribution in [2.24, 2.45) is 0 Å². The predicted octanol–water partition coefficient (Wildman–Crippen LogP) is 3.28. The largest absolute Gasteiger partial charge is 0.381 e. The van der Waals surface area contributed by atoms with Crippen LogP contribution in [0.3, 0.4) is 0 Å². The van der Waals surface area contributed by atoms with Gasteiger partial charge in [0.2, 0.25) is 0 Å². The molecule has 1 aliphatic rings. The van der Waals surface area contributed by atoms with E-state index in [4.69, 9.17) is 0 Å². The van der Waals surface area contributed by atoms with Crippen LogP contribution in [0.2, 0.25) is 0 Å². The Bertz CT molecular complexity index is 706. The first kappa shape index (κ1) is 21.2. The maximum atomic E-state index is 9.66. The Balaban J connectivity index is 2.21. The fourth-order valence-electron chi connectivity index (χ4n) is 3.32. The summed E-state index contributed by atoms with van der Waals surface area (Å²) in [5.41, 5.74) is 5.88. The second-order valence-corrected chi connectivity index (χ2v) is 7.13. The zero-order valence-corrected chi connectivity index (χ0v) is 17.2. The van der Waals surface area contributed by atoms with E-state index < -0.39 is 0 Å².